The van der Waals surface area contributed by atoms with Gasteiger partial charge in [-0.15, -0.1) is 0 Å². The van der Waals surface area contributed by atoms with Crippen molar-refractivity contribution in [2.45, 2.75) is 0 Å². The molecule has 0 aliphatic rings. The topological polar surface area (TPSA) is 53.1 Å². The van der Waals surface area contributed by atoms with E-state index in [4.69, 9.17) is 11.6 Å². The van der Waals surface area contributed by atoms with Gasteiger partial charge in [0.1, 0.15) is 5.75 Å². The number of pyridine rings is 1. The lowest BCUT2D eigenvalue weighted by atomic mass is 10.0. The van der Waals surface area contributed by atoms with Crippen LogP contribution >= 0.6 is 34.2 Å². The minimum atomic E-state index is -0.335. The third kappa shape index (κ3) is 2.19. The summed E-state index contributed by atoms with van der Waals surface area (Å²) in [6.45, 7) is 0. The molecule has 3 nitrogen and oxygen atoms in total. The molecule has 2 aromatic carbocycles. The predicted molar refractivity (Wildman–Crippen MR) is 89.4 cm³/mol. The summed E-state index contributed by atoms with van der Waals surface area (Å²) in [6.07, 6.45) is 0. The van der Waals surface area contributed by atoms with Crippen LogP contribution in [-0.2, 0) is 0 Å². The number of rotatable bonds is 1. The Morgan fingerprint density at radius 3 is 2.55 bits per heavy atom. The van der Waals surface area contributed by atoms with Crippen molar-refractivity contribution in [3.8, 4) is 16.9 Å². The number of benzene rings is 2. The van der Waals surface area contributed by atoms with Gasteiger partial charge in [0, 0.05) is 8.96 Å². The van der Waals surface area contributed by atoms with Gasteiger partial charge in [0.05, 0.1) is 16.1 Å². The molecule has 0 amide bonds. The van der Waals surface area contributed by atoms with E-state index in [0.717, 1.165) is 3.57 Å². The Bertz CT molecular complexity index is 859. The fourth-order valence-electron chi connectivity index (χ4n) is 2.15. The van der Waals surface area contributed by atoms with Gasteiger partial charge in [0.25, 0.3) is 5.56 Å². The number of aromatic amines is 1. The first-order valence-electron chi connectivity index (χ1n) is 5.87. The summed E-state index contributed by atoms with van der Waals surface area (Å²) in [5.74, 6) is -0.0236. The fraction of sp³-hybridized carbons (Fsp3) is 0. The molecule has 5 heteroatoms. The van der Waals surface area contributed by atoms with Gasteiger partial charge in [0.15, 0.2) is 0 Å². The molecule has 20 heavy (non-hydrogen) atoms. The van der Waals surface area contributed by atoms with Crippen molar-refractivity contribution < 1.29 is 5.11 Å². The predicted octanol–water partition coefficient (Wildman–Crippen LogP) is 4.16. The highest BCUT2D eigenvalue weighted by Gasteiger charge is 2.14. The normalized spacial score (nSPS) is 10.9. The average molecular weight is 398 g/mol. The maximum absolute atomic E-state index is 12.2. The van der Waals surface area contributed by atoms with Crippen LogP contribution in [0.25, 0.3) is 22.0 Å². The van der Waals surface area contributed by atoms with Crippen LogP contribution in [0.3, 0.4) is 0 Å². The minimum Gasteiger partial charge on any atom is -0.506 e. The second kappa shape index (κ2) is 5.10. The Hall–Kier alpha value is -1.53. The van der Waals surface area contributed by atoms with Gasteiger partial charge in [-0.05, 0) is 40.3 Å². The van der Waals surface area contributed by atoms with Crippen molar-refractivity contribution in [1.82, 2.24) is 4.98 Å². The summed E-state index contributed by atoms with van der Waals surface area (Å²) >= 11 is 8.13. The summed E-state index contributed by atoms with van der Waals surface area (Å²) in [5.41, 5.74) is 1.14. The number of hydrogen-bond acceptors (Lipinski definition) is 2. The summed E-state index contributed by atoms with van der Waals surface area (Å²) < 4.78 is 0.818. The Morgan fingerprint density at radius 2 is 1.85 bits per heavy atom. The van der Waals surface area contributed by atoms with Gasteiger partial charge in [-0.2, -0.15) is 0 Å². The van der Waals surface area contributed by atoms with Crippen LogP contribution in [0.4, 0.5) is 0 Å². The van der Waals surface area contributed by atoms with Crippen LogP contribution in [0, 0.1) is 3.57 Å². The maximum Gasteiger partial charge on any atom is 0.260 e. The van der Waals surface area contributed by atoms with Crippen molar-refractivity contribution in [2.24, 2.45) is 0 Å². The van der Waals surface area contributed by atoms with Gasteiger partial charge in [-0.25, -0.2) is 0 Å². The molecule has 0 aliphatic carbocycles. The quantitative estimate of drug-likeness (QED) is 0.606. The summed E-state index contributed by atoms with van der Waals surface area (Å²) in [4.78, 5) is 15.0. The third-order valence-electron chi connectivity index (χ3n) is 3.09. The Labute approximate surface area is 133 Å². The van der Waals surface area contributed by atoms with E-state index in [9.17, 15) is 9.90 Å². The van der Waals surface area contributed by atoms with Crippen molar-refractivity contribution in [2.75, 3.05) is 0 Å². The second-order valence-corrected chi connectivity index (χ2v) is 5.93. The molecule has 3 aromatic rings. The second-order valence-electron chi connectivity index (χ2n) is 4.36. The standard InChI is InChI=1S/C15H9ClINO2/c16-10-7-12-9(6-11(10)17)14(19)13(15(20)18-12)8-4-2-1-3-5-8/h1-7H,(H2,18,19,20). The van der Waals surface area contributed by atoms with Gasteiger partial charge < -0.3 is 10.1 Å². The summed E-state index contributed by atoms with van der Waals surface area (Å²) in [7, 11) is 0. The Balaban J connectivity index is 2.41. The number of halogens is 2. The minimum absolute atomic E-state index is 0.0236. The lowest BCUT2D eigenvalue weighted by Gasteiger charge is -2.08. The number of fused-ring (bicyclic) bond motifs is 1. The highest BCUT2D eigenvalue weighted by atomic mass is 127. The van der Waals surface area contributed by atoms with Gasteiger partial charge >= 0.3 is 0 Å². The largest absolute Gasteiger partial charge is 0.506 e. The molecule has 100 valence electrons. The molecular formula is C15H9ClINO2. The molecule has 0 saturated heterocycles. The van der Waals surface area contributed by atoms with Gasteiger partial charge in [-0.1, -0.05) is 41.9 Å². The Kier molecular flexibility index (Phi) is 3.43. The average Bonchev–Trinajstić information content (AvgIpc) is 2.43. The molecule has 0 bridgehead atoms. The molecule has 3 rings (SSSR count). The first-order valence-corrected chi connectivity index (χ1v) is 7.33. The van der Waals surface area contributed by atoms with E-state index in [2.05, 4.69) is 27.6 Å². The van der Waals surface area contributed by atoms with Crippen molar-refractivity contribution >= 4 is 45.1 Å². The van der Waals surface area contributed by atoms with Crippen LogP contribution in [-0.4, -0.2) is 10.1 Å². The van der Waals surface area contributed by atoms with E-state index >= 15 is 0 Å². The first kappa shape index (κ1) is 13.5. The first-order chi connectivity index (χ1) is 9.58. The molecule has 0 radical (unpaired) electrons. The molecule has 0 atom stereocenters. The highest BCUT2D eigenvalue weighted by Crippen LogP contribution is 2.34. The smallest absolute Gasteiger partial charge is 0.260 e. The zero-order valence-electron chi connectivity index (χ0n) is 10.2. The van der Waals surface area contributed by atoms with Gasteiger partial charge in [0.2, 0.25) is 0 Å². The number of hydrogen-bond donors (Lipinski definition) is 2. The number of aromatic hydroxyl groups is 1. The molecule has 0 unspecified atom stereocenters. The van der Waals surface area contributed by atoms with Crippen LogP contribution in [0.1, 0.15) is 0 Å². The number of H-pyrrole nitrogens is 1. The van der Waals surface area contributed by atoms with E-state index in [1.54, 1.807) is 24.3 Å². The number of aromatic nitrogens is 1. The van der Waals surface area contributed by atoms with Crippen molar-refractivity contribution in [3.63, 3.8) is 0 Å². The van der Waals surface area contributed by atoms with E-state index in [-0.39, 0.29) is 16.9 Å². The Morgan fingerprint density at radius 1 is 1.15 bits per heavy atom. The maximum atomic E-state index is 12.2. The molecule has 1 aromatic heterocycles. The zero-order valence-corrected chi connectivity index (χ0v) is 13.1. The van der Waals surface area contributed by atoms with Crippen LogP contribution in [0.5, 0.6) is 5.75 Å². The molecule has 0 saturated carbocycles. The SMILES string of the molecule is O=c1[nH]c2cc(Cl)c(I)cc2c(O)c1-c1ccccc1. The van der Waals surface area contributed by atoms with E-state index in [0.29, 0.717) is 21.5 Å². The van der Waals surface area contributed by atoms with Crippen molar-refractivity contribution in [3.05, 3.63) is 61.4 Å². The van der Waals surface area contributed by atoms with Crippen LogP contribution < -0.4 is 5.56 Å². The van der Waals surface area contributed by atoms with Crippen molar-refractivity contribution in [1.29, 1.82) is 0 Å². The summed E-state index contributed by atoms with van der Waals surface area (Å²) in [6, 6.07) is 12.5. The molecule has 0 spiro atoms. The summed E-state index contributed by atoms with van der Waals surface area (Å²) in [5, 5.41) is 11.6. The zero-order chi connectivity index (χ0) is 14.3. The van der Waals surface area contributed by atoms with E-state index in [1.165, 1.54) is 0 Å². The lowest BCUT2D eigenvalue weighted by molar-refractivity contribution is 0.482. The fourth-order valence-corrected chi connectivity index (χ4v) is 2.78. The lowest BCUT2D eigenvalue weighted by Crippen LogP contribution is -2.09. The highest BCUT2D eigenvalue weighted by molar-refractivity contribution is 14.1. The van der Waals surface area contributed by atoms with E-state index in [1.807, 2.05) is 18.2 Å². The molecular weight excluding hydrogens is 389 g/mol. The van der Waals surface area contributed by atoms with Crippen LogP contribution in [0.15, 0.2) is 47.3 Å². The van der Waals surface area contributed by atoms with Gasteiger partial charge in [-0.3, -0.25) is 4.79 Å². The molecule has 0 fully saturated rings. The molecule has 0 aliphatic heterocycles. The monoisotopic (exact) mass is 397 g/mol. The number of nitrogens with one attached hydrogen (secondary N) is 1. The van der Waals surface area contributed by atoms with Crippen LogP contribution in [0.2, 0.25) is 5.02 Å². The van der Waals surface area contributed by atoms with E-state index < -0.39 is 0 Å². The molecule has 1 heterocycles. The third-order valence-corrected chi connectivity index (χ3v) is 4.61. The molecule has 2 N–H and O–H groups in total.